The van der Waals surface area contributed by atoms with E-state index in [1.165, 1.54) is 7.11 Å². The number of carbonyl (C=O) groups excluding carboxylic acids is 2. The predicted octanol–water partition coefficient (Wildman–Crippen LogP) is 1.51. The lowest BCUT2D eigenvalue weighted by Crippen LogP contribution is -2.40. The summed E-state index contributed by atoms with van der Waals surface area (Å²) in [7, 11) is 1.39. The summed E-state index contributed by atoms with van der Waals surface area (Å²) in [5.41, 5.74) is -0.479. The molecule has 1 fully saturated rings. The Morgan fingerprint density at radius 1 is 1.17 bits per heavy atom. The molecule has 5 nitrogen and oxygen atoms in total. The van der Waals surface area contributed by atoms with Gasteiger partial charge in [-0.3, -0.25) is 9.59 Å². The molecule has 2 atom stereocenters. The molecule has 5 heteroatoms. The predicted molar refractivity (Wildman–Crippen MR) is 69.1 cm³/mol. The molecule has 1 saturated heterocycles. The van der Waals surface area contributed by atoms with Gasteiger partial charge >= 0.3 is 11.9 Å². The van der Waals surface area contributed by atoms with Gasteiger partial charge < -0.3 is 14.8 Å². The summed E-state index contributed by atoms with van der Waals surface area (Å²) in [6, 6.07) is -0.320. The van der Waals surface area contributed by atoms with Crippen LogP contribution in [0.1, 0.15) is 41.5 Å². The van der Waals surface area contributed by atoms with Gasteiger partial charge in [-0.25, -0.2) is 0 Å². The van der Waals surface area contributed by atoms with Gasteiger partial charge in [-0.1, -0.05) is 0 Å². The third-order valence-corrected chi connectivity index (χ3v) is 2.91. The molecule has 1 N–H and O–H groups in total. The van der Waals surface area contributed by atoms with Crippen LogP contribution in [0.5, 0.6) is 0 Å². The van der Waals surface area contributed by atoms with Gasteiger partial charge in [0.2, 0.25) is 0 Å². The lowest BCUT2D eigenvalue weighted by atomic mass is 9.99. The molecule has 0 aromatic heterocycles. The van der Waals surface area contributed by atoms with Gasteiger partial charge in [-0.05, 0) is 46.6 Å². The van der Waals surface area contributed by atoms with Gasteiger partial charge in [0.15, 0.2) is 0 Å². The molecular weight excluding hydrogens is 234 g/mol. The minimum Gasteiger partial charge on any atom is -0.469 e. The summed E-state index contributed by atoms with van der Waals surface area (Å²) in [5.74, 6) is -0.551. The lowest BCUT2D eigenvalue weighted by molar-refractivity contribution is -0.157. The van der Waals surface area contributed by atoms with Gasteiger partial charge in [0, 0.05) is 1.43 Å². The standard InChI is InChI=1S/C13H23NO4.H2/c1-13(2,3)18-12(16)10-6-5-9(7-8-14-10)11(15)17-4;/h9-10,14H,5-8H2,1-4H3;1H/t9-,10?;/m0./s1. The molecule has 0 aromatic carbocycles. The zero-order valence-electron chi connectivity index (χ0n) is 11.6. The molecule has 0 aromatic rings. The van der Waals surface area contributed by atoms with Crippen LogP contribution in [0.3, 0.4) is 0 Å². The van der Waals surface area contributed by atoms with Crippen molar-refractivity contribution in [2.75, 3.05) is 13.7 Å². The Kier molecular flexibility index (Phi) is 5.14. The van der Waals surface area contributed by atoms with Crippen molar-refractivity contribution >= 4 is 11.9 Å². The normalized spacial score (nSPS) is 25.1. The second-order valence-electron chi connectivity index (χ2n) is 5.63. The van der Waals surface area contributed by atoms with Crippen LogP contribution >= 0.6 is 0 Å². The van der Waals surface area contributed by atoms with Gasteiger partial charge in [0.05, 0.1) is 13.0 Å². The van der Waals surface area contributed by atoms with Crippen molar-refractivity contribution in [1.82, 2.24) is 5.32 Å². The quantitative estimate of drug-likeness (QED) is 0.761. The molecule has 1 unspecified atom stereocenters. The molecule has 1 rings (SSSR count). The van der Waals surface area contributed by atoms with Gasteiger partial charge in [0.25, 0.3) is 0 Å². The first-order valence-electron chi connectivity index (χ1n) is 6.37. The number of nitrogens with one attached hydrogen (secondary N) is 1. The van der Waals surface area contributed by atoms with Crippen LogP contribution in [0, 0.1) is 5.92 Å². The van der Waals surface area contributed by atoms with E-state index in [1.807, 2.05) is 20.8 Å². The topological polar surface area (TPSA) is 64.6 Å². The summed E-state index contributed by atoms with van der Waals surface area (Å²) in [6.07, 6.45) is 1.96. The van der Waals surface area contributed by atoms with Crippen molar-refractivity contribution in [3.63, 3.8) is 0 Å². The minimum absolute atomic E-state index is 0. The Hall–Kier alpha value is -1.10. The Labute approximate surface area is 110 Å². The summed E-state index contributed by atoms with van der Waals surface area (Å²) in [4.78, 5) is 23.4. The Balaban J connectivity index is 0.00000324. The summed E-state index contributed by atoms with van der Waals surface area (Å²) in [6.45, 7) is 6.17. The zero-order valence-corrected chi connectivity index (χ0v) is 11.6. The average molecular weight is 259 g/mol. The van der Waals surface area contributed by atoms with Crippen LogP contribution in [-0.4, -0.2) is 37.2 Å². The van der Waals surface area contributed by atoms with Crippen LogP contribution in [0.25, 0.3) is 0 Å². The number of ether oxygens (including phenoxy) is 2. The number of rotatable bonds is 2. The number of carbonyl (C=O) groups is 2. The second-order valence-corrected chi connectivity index (χ2v) is 5.63. The molecule has 106 valence electrons. The van der Waals surface area contributed by atoms with E-state index in [1.54, 1.807) is 0 Å². The molecule has 0 radical (unpaired) electrons. The molecule has 18 heavy (non-hydrogen) atoms. The van der Waals surface area contributed by atoms with Crippen molar-refractivity contribution < 1.29 is 20.5 Å². The van der Waals surface area contributed by atoms with Crippen LogP contribution in [-0.2, 0) is 19.1 Å². The molecule has 0 aliphatic carbocycles. The van der Waals surface area contributed by atoms with E-state index in [0.717, 1.165) is 0 Å². The van der Waals surface area contributed by atoms with Crippen LogP contribution < -0.4 is 5.32 Å². The van der Waals surface area contributed by atoms with E-state index in [4.69, 9.17) is 9.47 Å². The molecule has 1 heterocycles. The molecule has 1 aliphatic heterocycles. The molecule has 1 aliphatic rings. The minimum atomic E-state index is -0.479. The SMILES string of the molecule is COC(=O)[C@@H]1CCNC(C(=O)OC(C)(C)C)CC1.[HH]. The highest BCUT2D eigenvalue weighted by molar-refractivity contribution is 5.77. The van der Waals surface area contributed by atoms with Crippen molar-refractivity contribution in [2.45, 2.75) is 51.7 Å². The van der Waals surface area contributed by atoms with Crippen molar-refractivity contribution in [3.8, 4) is 0 Å². The molecule has 0 spiro atoms. The Bertz CT molecular complexity index is 314. The third-order valence-electron chi connectivity index (χ3n) is 2.91. The van der Waals surface area contributed by atoms with Crippen LogP contribution in [0.15, 0.2) is 0 Å². The highest BCUT2D eigenvalue weighted by Gasteiger charge is 2.30. The maximum atomic E-state index is 11.9. The third kappa shape index (κ3) is 4.64. The fourth-order valence-electron chi connectivity index (χ4n) is 2.02. The molecular formula is C13H25NO4. The highest BCUT2D eigenvalue weighted by atomic mass is 16.6. The number of esters is 2. The maximum absolute atomic E-state index is 11.9. The first-order valence-corrected chi connectivity index (χ1v) is 6.37. The summed E-state index contributed by atoms with van der Waals surface area (Å²) < 4.78 is 10.1. The Morgan fingerprint density at radius 3 is 2.39 bits per heavy atom. The van der Waals surface area contributed by atoms with E-state index in [0.29, 0.717) is 25.8 Å². The van der Waals surface area contributed by atoms with Crippen molar-refractivity contribution in [3.05, 3.63) is 0 Å². The van der Waals surface area contributed by atoms with E-state index in [9.17, 15) is 9.59 Å². The largest absolute Gasteiger partial charge is 0.469 e. The van der Waals surface area contributed by atoms with Crippen molar-refractivity contribution in [2.24, 2.45) is 5.92 Å². The Morgan fingerprint density at radius 2 is 1.83 bits per heavy atom. The number of methoxy groups -OCH3 is 1. The van der Waals surface area contributed by atoms with E-state index < -0.39 is 5.60 Å². The van der Waals surface area contributed by atoms with Crippen LogP contribution in [0.2, 0.25) is 0 Å². The first kappa shape index (κ1) is 15.0. The fraction of sp³-hybridized carbons (Fsp3) is 0.846. The fourth-order valence-corrected chi connectivity index (χ4v) is 2.02. The molecule has 0 amide bonds. The van der Waals surface area contributed by atoms with Gasteiger partial charge in [-0.2, -0.15) is 0 Å². The first-order chi connectivity index (χ1) is 8.33. The van der Waals surface area contributed by atoms with E-state index >= 15 is 0 Å². The van der Waals surface area contributed by atoms with Gasteiger partial charge in [-0.15, -0.1) is 0 Å². The lowest BCUT2D eigenvalue weighted by Gasteiger charge is -2.23. The second kappa shape index (κ2) is 6.18. The summed E-state index contributed by atoms with van der Waals surface area (Å²) >= 11 is 0. The molecule has 0 saturated carbocycles. The monoisotopic (exact) mass is 259 g/mol. The van der Waals surface area contributed by atoms with E-state index in [-0.39, 0.29) is 25.3 Å². The maximum Gasteiger partial charge on any atom is 0.323 e. The smallest absolute Gasteiger partial charge is 0.323 e. The van der Waals surface area contributed by atoms with Crippen molar-refractivity contribution in [1.29, 1.82) is 0 Å². The average Bonchev–Trinajstić information content (AvgIpc) is 2.51. The van der Waals surface area contributed by atoms with Gasteiger partial charge in [0.1, 0.15) is 11.6 Å². The zero-order chi connectivity index (χ0) is 13.8. The summed E-state index contributed by atoms with van der Waals surface area (Å²) in [5, 5.41) is 3.13. The highest BCUT2D eigenvalue weighted by Crippen LogP contribution is 2.19. The molecule has 0 bridgehead atoms. The van der Waals surface area contributed by atoms with E-state index in [2.05, 4.69) is 5.32 Å². The number of hydrogen-bond acceptors (Lipinski definition) is 5. The van der Waals surface area contributed by atoms with Crippen LogP contribution in [0.4, 0.5) is 0 Å². The number of hydrogen-bond donors (Lipinski definition) is 1.